The number of rotatable bonds is 5. The van der Waals surface area contributed by atoms with Gasteiger partial charge in [0.1, 0.15) is 0 Å². The Bertz CT molecular complexity index is 3680. The second-order valence-electron chi connectivity index (χ2n) is 18.7. The van der Waals surface area contributed by atoms with Crippen molar-refractivity contribution in [2.45, 2.75) is 44.3 Å². The minimum atomic E-state index is -0.506. The number of para-hydroxylation sites is 1. The molecule has 0 N–H and O–H groups in total. The van der Waals surface area contributed by atoms with Crippen molar-refractivity contribution in [3.63, 3.8) is 0 Å². The zero-order valence-corrected chi connectivity index (χ0v) is 38.8. The normalized spacial score (nSPS) is 16.0. The monoisotopic (exact) mass is 889 g/mol. The fourth-order valence-electron chi connectivity index (χ4n) is 12.0. The maximum Gasteiger partial charge on any atom is 0.0726 e. The summed E-state index contributed by atoms with van der Waals surface area (Å²) in [5, 5.41) is 0. The SMILES string of the molecule is CC1(C)c2cc(-c3ccccc3)ccc2-c2ccc(N(c3ccc4c(c3)C3(c5ccccc5-4)c4ccccc4-c4c3ccc3c4Sc4ccccc4S3)c3ccccc3-c3ccccc3)cc21. The van der Waals surface area contributed by atoms with Gasteiger partial charge in [0.05, 0.1) is 11.1 Å². The van der Waals surface area contributed by atoms with Crippen LogP contribution in [0.4, 0.5) is 17.1 Å². The van der Waals surface area contributed by atoms with E-state index in [-0.39, 0.29) is 5.41 Å². The number of nitrogens with zero attached hydrogens (tertiary/aromatic N) is 1. The van der Waals surface area contributed by atoms with E-state index in [1.165, 1.54) is 109 Å². The molecule has 67 heavy (non-hydrogen) atoms. The van der Waals surface area contributed by atoms with Crippen molar-refractivity contribution < 1.29 is 0 Å². The molecule has 10 aromatic rings. The third-order valence-corrected chi connectivity index (χ3v) is 17.5. The average Bonchev–Trinajstić information content (AvgIpc) is 3.94. The van der Waals surface area contributed by atoms with Gasteiger partial charge in [0.2, 0.25) is 0 Å². The van der Waals surface area contributed by atoms with Crippen molar-refractivity contribution in [3.05, 3.63) is 258 Å². The minimum absolute atomic E-state index is 0.215. The maximum absolute atomic E-state index is 2.54. The van der Waals surface area contributed by atoms with Crippen molar-refractivity contribution in [1.82, 2.24) is 0 Å². The molecule has 1 unspecified atom stereocenters. The smallest absolute Gasteiger partial charge is 0.0726 e. The first-order valence-corrected chi connectivity index (χ1v) is 24.9. The predicted molar refractivity (Wildman–Crippen MR) is 281 cm³/mol. The summed E-state index contributed by atoms with van der Waals surface area (Å²) in [6, 6.07) is 84.3. The molecule has 3 heteroatoms. The Morgan fingerprint density at radius 2 is 0.851 bits per heavy atom. The molecule has 4 aliphatic rings. The summed E-state index contributed by atoms with van der Waals surface area (Å²) in [4.78, 5) is 7.88. The third-order valence-electron chi connectivity index (χ3n) is 14.9. The minimum Gasteiger partial charge on any atom is -0.310 e. The standard InChI is InChI=1S/C64H43NS2/c1-63(2)54-37-42(40-17-5-3-6-18-40)29-32-47(54)48-33-30-43(38-55(48)63)65(57-26-14-11-21-45(57)41-19-7-4-8-20-41)44-31-34-49-46-22-9-12-24-51(46)64(56(49)39-44)52-25-13-10-23-50(52)61-53(64)35-36-60-62(61)67-59-28-16-15-27-58(59)66-60/h3-39H,1-2H3. The van der Waals surface area contributed by atoms with Gasteiger partial charge in [0.25, 0.3) is 0 Å². The van der Waals surface area contributed by atoms with Crippen LogP contribution in [-0.4, -0.2) is 0 Å². The molecule has 1 spiro atoms. The van der Waals surface area contributed by atoms with Gasteiger partial charge in [0, 0.05) is 47.5 Å². The van der Waals surface area contributed by atoms with Crippen LogP contribution in [0.5, 0.6) is 0 Å². The molecule has 0 bridgehead atoms. The Hall–Kier alpha value is -7.30. The van der Waals surface area contributed by atoms with Crippen LogP contribution in [0, 0.1) is 0 Å². The van der Waals surface area contributed by atoms with Gasteiger partial charge in [0.15, 0.2) is 0 Å². The zero-order chi connectivity index (χ0) is 44.4. The lowest BCUT2D eigenvalue weighted by Gasteiger charge is -2.33. The van der Waals surface area contributed by atoms with Gasteiger partial charge in [-0.3, -0.25) is 0 Å². The molecule has 0 saturated heterocycles. The summed E-state index contributed by atoms with van der Waals surface area (Å²) in [5.74, 6) is 0. The van der Waals surface area contributed by atoms with E-state index < -0.39 is 5.41 Å². The Kier molecular flexibility index (Phi) is 8.48. The number of hydrogen-bond acceptors (Lipinski definition) is 3. The molecule has 0 amide bonds. The van der Waals surface area contributed by atoms with Crippen LogP contribution in [0.15, 0.2) is 244 Å². The van der Waals surface area contributed by atoms with Gasteiger partial charge in [-0.1, -0.05) is 207 Å². The van der Waals surface area contributed by atoms with Crippen LogP contribution in [0.1, 0.15) is 47.2 Å². The van der Waals surface area contributed by atoms with Gasteiger partial charge in [-0.25, -0.2) is 0 Å². The maximum atomic E-state index is 2.54. The molecule has 0 fully saturated rings. The first-order chi connectivity index (χ1) is 33.0. The summed E-state index contributed by atoms with van der Waals surface area (Å²) in [7, 11) is 0. The van der Waals surface area contributed by atoms with Gasteiger partial charge >= 0.3 is 0 Å². The van der Waals surface area contributed by atoms with Crippen LogP contribution in [0.3, 0.4) is 0 Å². The van der Waals surface area contributed by atoms with Crippen LogP contribution < -0.4 is 4.90 Å². The topological polar surface area (TPSA) is 3.24 Å². The van der Waals surface area contributed by atoms with Crippen molar-refractivity contribution >= 4 is 40.6 Å². The van der Waals surface area contributed by atoms with Crippen molar-refractivity contribution in [2.75, 3.05) is 4.90 Å². The highest BCUT2D eigenvalue weighted by atomic mass is 32.2. The lowest BCUT2D eigenvalue weighted by Crippen LogP contribution is -2.26. The molecular weight excluding hydrogens is 847 g/mol. The number of anilines is 3. The molecule has 3 aliphatic carbocycles. The van der Waals surface area contributed by atoms with Crippen molar-refractivity contribution in [2.24, 2.45) is 0 Å². The Balaban J connectivity index is 0.997. The van der Waals surface area contributed by atoms with Crippen LogP contribution in [0.2, 0.25) is 0 Å². The largest absolute Gasteiger partial charge is 0.310 e. The van der Waals surface area contributed by atoms with Gasteiger partial charge in [-0.05, 0) is 132 Å². The Labute approximate surface area is 400 Å². The number of fused-ring (bicyclic) bond motifs is 16. The second kappa shape index (κ2) is 14.6. The molecule has 316 valence electrons. The highest BCUT2D eigenvalue weighted by Gasteiger charge is 2.53. The quantitative estimate of drug-likeness (QED) is 0.169. The molecule has 1 heterocycles. The molecule has 14 rings (SSSR count). The lowest BCUT2D eigenvalue weighted by atomic mass is 9.70. The van der Waals surface area contributed by atoms with E-state index in [1.807, 2.05) is 23.5 Å². The van der Waals surface area contributed by atoms with Gasteiger partial charge < -0.3 is 4.90 Å². The molecule has 10 aromatic carbocycles. The number of benzene rings is 10. The summed E-state index contributed by atoms with van der Waals surface area (Å²) in [6.07, 6.45) is 0. The predicted octanol–water partition coefficient (Wildman–Crippen LogP) is 17.8. The van der Waals surface area contributed by atoms with E-state index in [1.54, 1.807) is 0 Å². The second-order valence-corrected chi connectivity index (χ2v) is 20.9. The molecule has 0 aromatic heterocycles. The van der Waals surface area contributed by atoms with Crippen molar-refractivity contribution in [1.29, 1.82) is 0 Å². The van der Waals surface area contributed by atoms with E-state index in [9.17, 15) is 0 Å². The highest BCUT2D eigenvalue weighted by molar-refractivity contribution is 8.05. The van der Waals surface area contributed by atoms with E-state index >= 15 is 0 Å². The summed E-state index contributed by atoms with van der Waals surface area (Å²) in [6.45, 7) is 4.80. The molecule has 0 saturated carbocycles. The van der Waals surface area contributed by atoms with Gasteiger partial charge in [-0.15, -0.1) is 0 Å². The zero-order valence-electron chi connectivity index (χ0n) is 37.1. The van der Waals surface area contributed by atoms with Crippen molar-refractivity contribution in [3.8, 4) is 55.6 Å². The third kappa shape index (κ3) is 5.53. The van der Waals surface area contributed by atoms with E-state index in [2.05, 4.69) is 243 Å². The average molecular weight is 890 g/mol. The van der Waals surface area contributed by atoms with E-state index in [0.717, 1.165) is 17.1 Å². The summed E-state index contributed by atoms with van der Waals surface area (Å²) < 4.78 is 0. The Morgan fingerprint density at radius 1 is 0.328 bits per heavy atom. The fraction of sp³-hybridized carbons (Fsp3) is 0.0625. The van der Waals surface area contributed by atoms with Crippen LogP contribution >= 0.6 is 23.5 Å². The van der Waals surface area contributed by atoms with E-state index in [0.29, 0.717) is 0 Å². The Morgan fingerprint density at radius 3 is 1.58 bits per heavy atom. The molecule has 1 aliphatic heterocycles. The fourth-order valence-corrected chi connectivity index (χ4v) is 14.4. The van der Waals surface area contributed by atoms with Gasteiger partial charge in [-0.2, -0.15) is 0 Å². The molecule has 1 nitrogen and oxygen atoms in total. The lowest BCUT2D eigenvalue weighted by molar-refractivity contribution is 0.660. The summed E-state index contributed by atoms with van der Waals surface area (Å²) >= 11 is 3.84. The van der Waals surface area contributed by atoms with Crippen LogP contribution in [0.25, 0.3) is 55.6 Å². The van der Waals surface area contributed by atoms with E-state index in [4.69, 9.17) is 0 Å². The first kappa shape index (κ1) is 38.9. The molecular formula is C64H43NS2. The van der Waals surface area contributed by atoms with Crippen LogP contribution in [-0.2, 0) is 10.8 Å². The first-order valence-electron chi connectivity index (χ1n) is 23.2. The molecule has 0 radical (unpaired) electrons. The molecule has 1 atom stereocenters. The highest BCUT2D eigenvalue weighted by Crippen LogP contribution is 2.66. The number of hydrogen-bond donors (Lipinski definition) is 0. The summed E-state index contributed by atoms with van der Waals surface area (Å²) in [5.41, 5.74) is 23.6.